The third-order valence-corrected chi connectivity index (χ3v) is 1.78. The Morgan fingerprint density at radius 1 is 1.50 bits per heavy atom. The lowest BCUT2D eigenvalue weighted by atomic mass is 10.1. The van der Waals surface area contributed by atoms with Crippen molar-refractivity contribution < 1.29 is 0 Å². The van der Waals surface area contributed by atoms with Gasteiger partial charge in [0.1, 0.15) is 0 Å². The fraction of sp³-hybridized carbons (Fsp3) is 0.111. The molecule has 1 aromatic carbocycles. The number of nitriles is 1. The van der Waals surface area contributed by atoms with Gasteiger partial charge >= 0.3 is 0 Å². The van der Waals surface area contributed by atoms with Crippen LogP contribution in [-0.4, -0.2) is 9.78 Å². The molecule has 0 aliphatic carbocycles. The predicted octanol–water partition coefficient (Wildman–Crippen LogP) is 1.44. The van der Waals surface area contributed by atoms with E-state index in [1.807, 2.05) is 25.4 Å². The molecule has 1 heterocycles. The van der Waals surface area contributed by atoms with E-state index in [0.717, 1.165) is 10.9 Å². The molecule has 58 valence electrons. The molecule has 0 fully saturated rings. The van der Waals surface area contributed by atoms with Gasteiger partial charge in [-0.25, -0.2) is 0 Å². The minimum atomic E-state index is 0.681. The van der Waals surface area contributed by atoms with E-state index in [1.165, 1.54) is 0 Å². The average Bonchev–Trinajstić information content (AvgIpc) is 2.44. The van der Waals surface area contributed by atoms with Crippen molar-refractivity contribution in [2.45, 2.75) is 0 Å². The summed E-state index contributed by atoms with van der Waals surface area (Å²) in [5.41, 5.74) is 1.55. The van der Waals surface area contributed by atoms with Crippen molar-refractivity contribution in [2.24, 2.45) is 7.05 Å². The summed E-state index contributed by atoms with van der Waals surface area (Å²) >= 11 is 0. The second-order valence-electron chi connectivity index (χ2n) is 2.65. The molecular weight excluding hydrogens is 150 g/mol. The smallest absolute Gasteiger partial charge is 0.0999 e. The third kappa shape index (κ3) is 0.857. The van der Waals surface area contributed by atoms with Gasteiger partial charge in [-0.2, -0.15) is 10.4 Å². The summed E-state index contributed by atoms with van der Waals surface area (Å²) in [5, 5.41) is 13.9. The molecule has 0 atom stereocenters. The number of rotatable bonds is 0. The van der Waals surface area contributed by atoms with Gasteiger partial charge in [-0.15, -0.1) is 0 Å². The average molecular weight is 157 g/mol. The van der Waals surface area contributed by atoms with Gasteiger partial charge in [0.15, 0.2) is 0 Å². The summed E-state index contributed by atoms with van der Waals surface area (Å²) in [4.78, 5) is 0. The maximum atomic E-state index is 8.76. The van der Waals surface area contributed by atoms with Crippen LogP contribution in [-0.2, 0) is 7.05 Å². The Bertz CT molecular complexity index is 462. The Morgan fingerprint density at radius 2 is 2.33 bits per heavy atom. The highest BCUT2D eigenvalue weighted by molar-refractivity contribution is 5.84. The molecule has 0 bridgehead atoms. The Balaban J connectivity index is 2.89. The Labute approximate surface area is 69.8 Å². The van der Waals surface area contributed by atoms with Gasteiger partial charge in [-0.05, 0) is 12.1 Å². The summed E-state index contributed by atoms with van der Waals surface area (Å²) < 4.78 is 1.71. The van der Waals surface area contributed by atoms with Crippen molar-refractivity contribution in [3.05, 3.63) is 30.0 Å². The van der Waals surface area contributed by atoms with E-state index in [1.54, 1.807) is 10.7 Å². The molecule has 0 radical (unpaired) electrons. The minimum absolute atomic E-state index is 0.681. The number of aromatic nitrogens is 2. The molecule has 3 nitrogen and oxygen atoms in total. The van der Waals surface area contributed by atoms with E-state index < -0.39 is 0 Å². The van der Waals surface area contributed by atoms with E-state index in [-0.39, 0.29) is 0 Å². The largest absolute Gasteiger partial charge is 0.275 e. The number of hydrogen-bond acceptors (Lipinski definition) is 2. The van der Waals surface area contributed by atoms with Crippen LogP contribution in [0.25, 0.3) is 10.9 Å². The molecule has 0 unspecified atom stereocenters. The number of hydrogen-bond donors (Lipinski definition) is 0. The van der Waals surface area contributed by atoms with E-state index in [0.29, 0.717) is 5.56 Å². The molecule has 1 aromatic heterocycles. The molecular formula is C9H7N3. The van der Waals surface area contributed by atoms with Crippen molar-refractivity contribution in [3.8, 4) is 6.07 Å². The van der Waals surface area contributed by atoms with Gasteiger partial charge in [0, 0.05) is 18.6 Å². The first-order valence-electron chi connectivity index (χ1n) is 3.64. The molecule has 2 aromatic rings. The van der Waals surface area contributed by atoms with Crippen LogP contribution in [0.2, 0.25) is 0 Å². The fourth-order valence-corrected chi connectivity index (χ4v) is 1.26. The zero-order chi connectivity index (χ0) is 8.55. The molecule has 0 saturated heterocycles. The monoisotopic (exact) mass is 157 g/mol. The lowest BCUT2D eigenvalue weighted by Gasteiger charge is -1.87. The lowest BCUT2D eigenvalue weighted by molar-refractivity contribution is 0.780. The van der Waals surface area contributed by atoms with Crippen molar-refractivity contribution in [1.29, 1.82) is 5.26 Å². The van der Waals surface area contributed by atoms with Crippen LogP contribution in [0.1, 0.15) is 5.56 Å². The van der Waals surface area contributed by atoms with Crippen LogP contribution in [0.15, 0.2) is 24.4 Å². The molecule has 0 spiro atoms. The summed E-state index contributed by atoms with van der Waals surface area (Å²) in [5.74, 6) is 0. The van der Waals surface area contributed by atoms with E-state index >= 15 is 0 Å². The number of aryl methyl sites for hydroxylation is 1. The van der Waals surface area contributed by atoms with Crippen LogP contribution >= 0.6 is 0 Å². The second-order valence-corrected chi connectivity index (χ2v) is 2.65. The van der Waals surface area contributed by atoms with Crippen LogP contribution in [0, 0.1) is 11.3 Å². The predicted molar refractivity (Wildman–Crippen MR) is 45.4 cm³/mol. The number of benzene rings is 1. The van der Waals surface area contributed by atoms with Crippen molar-refractivity contribution in [3.63, 3.8) is 0 Å². The van der Waals surface area contributed by atoms with Gasteiger partial charge in [0.2, 0.25) is 0 Å². The van der Waals surface area contributed by atoms with Crippen LogP contribution in [0.3, 0.4) is 0 Å². The van der Waals surface area contributed by atoms with E-state index in [4.69, 9.17) is 5.26 Å². The molecule has 12 heavy (non-hydrogen) atoms. The first-order chi connectivity index (χ1) is 5.81. The molecule has 0 amide bonds. The second kappa shape index (κ2) is 2.35. The van der Waals surface area contributed by atoms with Crippen LogP contribution < -0.4 is 0 Å². The van der Waals surface area contributed by atoms with E-state index in [9.17, 15) is 0 Å². The normalized spacial score (nSPS) is 10.0. The van der Waals surface area contributed by atoms with Gasteiger partial charge in [0.25, 0.3) is 0 Å². The highest BCUT2D eigenvalue weighted by atomic mass is 15.2. The number of fused-ring (bicyclic) bond motifs is 1. The van der Waals surface area contributed by atoms with E-state index in [2.05, 4.69) is 11.2 Å². The molecule has 0 aliphatic rings. The third-order valence-electron chi connectivity index (χ3n) is 1.78. The zero-order valence-electron chi connectivity index (χ0n) is 6.65. The quantitative estimate of drug-likeness (QED) is 0.580. The topological polar surface area (TPSA) is 41.6 Å². The molecule has 0 saturated carbocycles. The highest BCUT2D eigenvalue weighted by Gasteiger charge is 2.01. The highest BCUT2D eigenvalue weighted by Crippen LogP contribution is 2.15. The van der Waals surface area contributed by atoms with Gasteiger partial charge in [0.05, 0.1) is 17.1 Å². The van der Waals surface area contributed by atoms with Gasteiger partial charge in [-0.1, -0.05) is 6.07 Å². The van der Waals surface area contributed by atoms with Crippen molar-refractivity contribution in [2.75, 3.05) is 0 Å². The van der Waals surface area contributed by atoms with Gasteiger partial charge in [-0.3, -0.25) is 4.68 Å². The summed E-state index contributed by atoms with van der Waals surface area (Å²) in [7, 11) is 1.85. The Morgan fingerprint density at radius 3 is 3.08 bits per heavy atom. The fourth-order valence-electron chi connectivity index (χ4n) is 1.26. The van der Waals surface area contributed by atoms with Crippen LogP contribution in [0.4, 0.5) is 0 Å². The summed E-state index contributed by atoms with van der Waals surface area (Å²) in [6.07, 6.45) is 1.86. The zero-order valence-corrected chi connectivity index (χ0v) is 6.65. The van der Waals surface area contributed by atoms with Crippen LogP contribution in [0.5, 0.6) is 0 Å². The molecule has 0 aliphatic heterocycles. The SMILES string of the molecule is Cn1cc2c(C#N)cccc2n1. The maximum absolute atomic E-state index is 8.76. The first-order valence-corrected chi connectivity index (χ1v) is 3.64. The Hall–Kier alpha value is -1.82. The number of nitrogens with zero attached hydrogens (tertiary/aromatic N) is 3. The lowest BCUT2D eigenvalue weighted by Crippen LogP contribution is -1.84. The Kier molecular flexibility index (Phi) is 1.34. The van der Waals surface area contributed by atoms with Gasteiger partial charge < -0.3 is 0 Å². The molecule has 0 N–H and O–H groups in total. The van der Waals surface area contributed by atoms with Crippen molar-refractivity contribution >= 4 is 10.9 Å². The van der Waals surface area contributed by atoms with Crippen molar-refractivity contribution in [1.82, 2.24) is 9.78 Å². The standard InChI is InChI=1S/C9H7N3/c1-12-6-8-7(5-10)3-2-4-9(8)11-12/h2-4,6H,1H3. The maximum Gasteiger partial charge on any atom is 0.0999 e. The summed E-state index contributed by atoms with van der Waals surface area (Å²) in [6, 6.07) is 7.67. The summed E-state index contributed by atoms with van der Waals surface area (Å²) in [6.45, 7) is 0. The molecule has 2 rings (SSSR count). The first kappa shape index (κ1) is 6.86. The minimum Gasteiger partial charge on any atom is -0.275 e. The molecule has 3 heteroatoms.